The molecule has 4 rings (SSSR count). The van der Waals surface area contributed by atoms with E-state index in [1.807, 2.05) is 25.3 Å². The molecule has 4 nitrogen and oxygen atoms in total. The molecule has 0 N–H and O–H groups in total. The molecule has 0 aliphatic heterocycles. The Kier molecular flexibility index (Phi) is 4.75. The van der Waals surface area contributed by atoms with E-state index in [-0.39, 0.29) is 5.82 Å². The van der Waals surface area contributed by atoms with Gasteiger partial charge in [-0.25, -0.2) is 14.4 Å². The molecule has 0 saturated carbocycles. The van der Waals surface area contributed by atoms with Crippen molar-refractivity contribution < 1.29 is 9.13 Å². The Morgan fingerprint density at radius 3 is 2.44 bits per heavy atom. The quantitative estimate of drug-likeness (QED) is 0.512. The Bertz CT molecular complexity index is 1070. The van der Waals surface area contributed by atoms with Crippen molar-refractivity contribution in [1.29, 1.82) is 0 Å². The van der Waals surface area contributed by atoms with E-state index in [2.05, 4.69) is 21.0 Å². The maximum absolute atomic E-state index is 13.1. The molecule has 2 aromatic carbocycles. The molecule has 0 amide bonds. The van der Waals surface area contributed by atoms with Crippen molar-refractivity contribution >= 4 is 10.9 Å². The number of hydrogen-bond donors (Lipinski definition) is 0. The third kappa shape index (κ3) is 3.62. The summed E-state index contributed by atoms with van der Waals surface area (Å²) < 4.78 is 19.0. The molecule has 0 bridgehead atoms. The minimum atomic E-state index is -0.229. The smallest absolute Gasteiger partial charge is 0.162 e. The highest BCUT2D eigenvalue weighted by atomic mass is 19.1. The molecular weight excluding hydrogens is 341 g/mol. The topological polar surface area (TPSA) is 47.9 Å². The summed E-state index contributed by atoms with van der Waals surface area (Å²) in [4.78, 5) is 13.3. The predicted octanol–water partition coefficient (Wildman–Crippen LogP) is 4.82. The standard InChI is InChI=1S/C22H18FN3O/c1-2-27-21-19(22-24-10-3-11-25-22)9-6-17-13-16(14-26-20(17)21)12-15-4-7-18(23)8-5-15/h3-11,13-14H,2,12H2,1H3. The van der Waals surface area contributed by atoms with Crippen molar-refractivity contribution in [2.75, 3.05) is 6.61 Å². The molecule has 2 heterocycles. The second-order valence-corrected chi connectivity index (χ2v) is 6.17. The summed E-state index contributed by atoms with van der Waals surface area (Å²) in [6.45, 7) is 2.47. The largest absolute Gasteiger partial charge is 0.491 e. The van der Waals surface area contributed by atoms with E-state index in [0.29, 0.717) is 24.6 Å². The number of rotatable bonds is 5. The van der Waals surface area contributed by atoms with Crippen LogP contribution in [-0.4, -0.2) is 21.6 Å². The first kappa shape index (κ1) is 17.1. The highest BCUT2D eigenvalue weighted by molar-refractivity contribution is 5.91. The first-order valence-corrected chi connectivity index (χ1v) is 8.81. The fraction of sp³-hybridized carbons (Fsp3) is 0.136. The minimum absolute atomic E-state index is 0.229. The number of pyridine rings is 1. The molecule has 0 fully saturated rings. The first-order valence-electron chi connectivity index (χ1n) is 8.81. The number of halogens is 1. The number of aromatic nitrogens is 3. The fourth-order valence-corrected chi connectivity index (χ4v) is 3.06. The van der Waals surface area contributed by atoms with Crippen LogP contribution in [0.5, 0.6) is 5.75 Å². The average Bonchev–Trinajstić information content (AvgIpc) is 2.71. The zero-order valence-electron chi connectivity index (χ0n) is 14.9. The van der Waals surface area contributed by atoms with Gasteiger partial charge in [-0.05, 0) is 54.8 Å². The molecule has 0 unspecified atom stereocenters. The van der Waals surface area contributed by atoms with E-state index < -0.39 is 0 Å². The Morgan fingerprint density at radius 1 is 0.926 bits per heavy atom. The molecule has 134 valence electrons. The van der Waals surface area contributed by atoms with E-state index in [1.165, 1.54) is 12.1 Å². The Labute approximate surface area is 156 Å². The number of nitrogens with zero attached hydrogens (tertiary/aromatic N) is 3. The van der Waals surface area contributed by atoms with Crippen LogP contribution in [0.4, 0.5) is 4.39 Å². The van der Waals surface area contributed by atoms with Crippen molar-refractivity contribution in [3.63, 3.8) is 0 Å². The molecule has 0 saturated heterocycles. The lowest BCUT2D eigenvalue weighted by molar-refractivity contribution is 0.345. The molecule has 0 atom stereocenters. The number of hydrogen-bond acceptors (Lipinski definition) is 4. The van der Waals surface area contributed by atoms with Crippen LogP contribution in [0.2, 0.25) is 0 Å². The third-order valence-corrected chi connectivity index (χ3v) is 4.28. The second-order valence-electron chi connectivity index (χ2n) is 6.17. The van der Waals surface area contributed by atoms with Gasteiger partial charge in [0.25, 0.3) is 0 Å². The molecule has 4 aromatic rings. The van der Waals surface area contributed by atoms with E-state index in [1.54, 1.807) is 30.6 Å². The minimum Gasteiger partial charge on any atom is -0.491 e. The van der Waals surface area contributed by atoms with Crippen molar-refractivity contribution in [2.45, 2.75) is 13.3 Å². The Morgan fingerprint density at radius 2 is 1.70 bits per heavy atom. The molecule has 2 aromatic heterocycles. The van der Waals surface area contributed by atoms with Gasteiger partial charge in [0.05, 0.1) is 12.2 Å². The zero-order chi connectivity index (χ0) is 18.6. The number of fused-ring (bicyclic) bond motifs is 1. The van der Waals surface area contributed by atoms with E-state index in [4.69, 9.17) is 4.74 Å². The average molecular weight is 359 g/mol. The lowest BCUT2D eigenvalue weighted by atomic mass is 10.0. The van der Waals surface area contributed by atoms with Gasteiger partial charge >= 0.3 is 0 Å². The van der Waals surface area contributed by atoms with Crippen LogP contribution < -0.4 is 4.74 Å². The van der Waals surface area contributed by atoms with Gasteiger partial charge in [-0.1, -0.05) is 18.2 Å². The van der Waals surface area contributed by atoms with Gasteiger partial charge in [0, 0.05) is 24.0 Å². The lowest BCUT2D eigenvalue weighted by Gasteiger charge is -2.12. The van der Waals surface area contributed by atoms with Gasteiger partial charge < -0.3 is 4.74 Å². The monoisotopic (exact) mass is 359 g/mol. The van der Waals surface area contributed by atoms with Gasteiger partial charge in [0.2, 0.25) is 0 Å². The highest BCUT2D eigenvalue weighted by Crippen LogP contribution is 2.34. The SMILES string of the molecule is CCOc1c(-c2ncccn2)ccc2cc(Cc3ccc(F)cc3)cnc12. The molecule has 0 radical (unpaired) electrons. The van der Waals surface area contributed by atoms with Gasteiger partial charge in [-0.2, -0.15) is 0 Å². The van der Waals surface area contributed by atoms with Crippen molar-refractivity contribution in [1.82, 2.24) is 15.0 Å². The summed E-state index contributed by atoms with van der Waals surface area (Å²) in [5.41, 5.74) is 3.70. The number of benzene rings is 2. The van der Waals surface area contributed by atoms with Crippen LogP contribution in [0.15, 0.2) is 67.1 Å². The molecule has 0 aliphatic rings. The van der Waals surface area contributed by atoms with E-state index in [0.717, 1.165) is 27.6 Å². The summed E-state index contributed by atoms with van der Waals surface area (Å²) in [6.07, 6.45) is 5.95. The van der Waals surface area contributed by atoms with E-state index in [9.17, 15) is 4.39 Å². The van der Waals surface area contributed by atoms with Gasteiger partial charge in [0.1, 0.15) is 11.3 Å². The molecule has 5 heteroatoms. The van der Waals surface area contributed by atoms with Gasteiger partial charge in [-0.15, -0.1) is 0 Å². The van der Waals surface area contributed by atoms with Crippen molar-refractivity contribution in [3.8, 4) is 17.1 Å². The fourth-order valence-electron chi connectivity index (χ4n) is 3.06. The first-order chi connectivity index (χ1) is 13.2. The summed E-state index contributed by atoms with van der Waals surface area (Å²) in [6, 6.07) is 14.4. The van der Waals surface area contributed by atoms with Gasteiger partial charge in [-0.3, -0.25) is 4.98 Å². The maximum atomic E-state index is 13.1. The molecule has 0 aliphatic carbocycles. The third-order valence-electron chi connectivity index (χ3n) is 4.28. The summed E-state index contributed by atoms with van der Waals surface area (Å²) in [5.74, 6) is 1.07. The molecule has 0 spiro atoms. The Hall–Kier alpha value is -3.34. The van der Waals surface area contributed by atoms with Crippen molar-refractivity contribution in [2.24, 2.45) is 0 Å². The van der Waals surface area contributed by atoms with Crippen LogP contribution in [-0.2, 0) is 6.42 Å². The predicted molar refractivity (Wildman–Crippen MR) is 103 cm³/mol. The van der Waals surface area contributed by atoms with Crippen LogP contribution in [0, 0.1) is 5.82 Å². The van der Waals surface area contributed by atoms with Crippen LogP contribution in [0.1, 0.15) is 18.1 Å². The van der Waals surface area contributed by atoms with Gasteiger partial charge in [0.15, 0.2) is 11.6 Å². The van der Waals surface area contributed by atoms with Crippen LogP contribution in [0.25, 0.3) is 22.3 Å². The zero-order valence-corrected chi connectivity index (χ0v) is 14.9. The van der Waals surface area contributed by atoms with Crippen LogP contribution >= 0.6 is 0 Å². The summed E-state index contributed by atoms with van der Waals surface area (Å²) in [7, 11) is 0. The normalized spacial score (nSPS) is 10.9. The summed E-state index contributed by atoms with van der Waals surface area (Å²) >= 11 is 0. The second kappa shape index (κ2) is 7.50. The van der Waals surface area contributed by atoms with E-state index >= 15 is 0 Å². The lowest BCUT2D eigenvalue weighted by Crippen LogP contribution is -1.99. The maximum Gasteiger partial charge on any atom is 0.162 e. The summed E-state index contributed by atoms with van der Waals surface area (Å²) in [5, 5.41) is 0.984. The van der Waals surface area contributed by atoms with Crippen LogP contribution in [0.3, 0.4) is 0 Å². The highest BCUT2D eigenvalue weighted by Gasteiger charge is 2.14. The number of ether oxygens (including phenoxy) is 1. The molecular formula is C22H18FN3O. The Balaban J connectivity index is 1.75. The molecule has 27 heavy (non-hydrogen) atoms. The van der Waals surface area contributed by atoms with Crippen molar-refractivity contribution in [3.05, 3.63) is 84.1 Å².